The van der Waals surface area contributed by atoms with E-state index in [2.05, 4.69) is 45.6 Å². The highest BCUT2D eigenvalue weighted by atomic mass is 15.4. The number of nitrogens with zero attached hydrogens (tertiary/aromatic N) is 6. The van der Waals surface area contributed by atoms with Gasteiger partial charge < -0.3 is 4.90 Å². The molecule has 3 aromatic rings. The Hall–Kier alpha value is -2.76. The molecule has 6 nitrogen and oxygen atoms in total. The first kappa shape index (κ1) is 16.4. The Labute approximate surface area is 159 Å². The Kier molecular flexibility index (Phi) is 3.92. The third kappa shape index (κ3) is 2.54. The topological polar surface area (TPSA) is 59.7 Å². The first-order valence-electron chi connectivity index (χ1n) is 9.90. The second-order valence-corrected chi connectivity index (χ2v) is 7.50. The van der Waals surface area contributed by atoms with Gasteiger partial charge in [0.15, 0.2) is 17.5 Å². The van der Waals surface area contributed by atoms with E-state index in [9.17, 15) is 0 Å². The fourth-order valence-electron chi connectivity index (χ4n) is 4.63. The zero-order valence-electron chi connectivity index (χ0n) is 15.8. The lowest BCUT2D eigenvalue weighted by atomic mass is 10.0. The Balaban J connectivity index is 1.74. The molecule has 138 valence electrons. The molecule has 1 fully saturated rings. The number of aryl methyl sites for hydroxylation is 1. The molecule has 3 heterocycles. The number of hydrogen-bond donors (Lipinski definition) is 0. The lowest BCUT2D eigenvalue weighted by Crippen LogP contribution is -2.42. The fourth-order valence-corrected chi connectivity index (χ4v) is 4.63. The predicted molar refractivity (Wildman–Crippen MR) is 105 cm³/mol. The smallest absolute Gasteiger partial charge is 0.161 e. The van der Waals surface area contributed by atoms with Crippen molar-refractivity contribution < 1.29 is 0 Å². The van der Waals surface area contributed by atoms with Gasteiger partial charge in [-0.05, 0) is 26.2 Å². The SMILES string of the molecule is CC[C@@H]1c2nncn2-c2c(C)nc(-c3ccccc3)nc2N1C1CCCC1. The average molecular weight is 360 g/mol. The zero-order chi connectivity index (χ0) is 18.4. The summed E-state index contributed by atoms with van der Waals surface area (Å²) in [5, 5.41) is 8.68. The molecule has 0 N–H and O–H groups in total. The Bertz CT molecular complexity index is 958. The zero-order valence-corrected chi connectivity index (χ0v) is 15.8. The van der Waals surface area contributed by atoms with Crippen LogP contribution in [0.1, 0.15) is 56.6 Å². The highest BCUT2D eigenvalue weighted by Crippen LogP contribution is 2.43. The summed E-state index contributed by atoms with van der Waals surface area (Å²) >= 11 is 0. The van der Waals surface area contributed by atoms with E-state index in [1.165, 1.54) is 25.7 Å². The minimum atomic E-state index is 0.209. The highest BCUT2D eigenvalue weighted by molar-refractivity contribution is 5.69. The second kappa shape index (κ2) is 6.44. The van der Waals surface area contributed by atoms with Crippen LogP contribution in [0.15, 0.2) is 36.7 Å². The van der Waals surface area contributed by atoms with Crippen LogP contribution in [0.4, 0.5) is 5.82 Å². The molecule has 5 rings (SSSR count). The second-order valence-electron chi connectivity index (χ2n) is 7.50. The van der Waals surface area contributed by atoms with Crippen molar-refractivity contribution in [2.24, 2.45) is 0 Å². The third-order valence-corrected chi connectivity index (χ3v) is 5.87. The maximum absolute atomic E-state index is 5.09. The van der Waals surface area contributed by atoms with Crippen molar-refractivity contribution >= 4 is 5.82 Å². The van der Waals surface area contributed by atoms with Crippen molar-refractivity contribution in [3.8, 4) is 17.1 Å². The summed E-state index contributed by atoms with van der Waals surface area (Å²) in [4.78, 5) is 12.4. The maximum atomic E-state index is 5.09. The number of anilines is 1. The summed E-state index contributed by atoms with van der Waals surface area (Å²) < 4.78 is 2.10. The standard InChI is InChI=1S/C21H24N6/c1-3-17-20-25-22-13-26(20)18-14(2)23-19(15-9-5-4-6-10-15)24-21(18)27(17)16-11-7-8-12-16/h4-6,9-10,13,16-17H,3,7-8,11-12H2,1-2H3/t17-/m1/s1. The molecule has 0 bridgehead atoms. The molecule has 0 spiro atoms. The first-order valence-corrected chi connectivity index (χ1v) is 9.90. The van der Waals surface area contributed by atoms with Crippen molar-refractivity contribution in [2.75, 3.05) is 4.90 Å². The molecule has 1 aromatic carbocycles. The molecule has 27 heavy (non-hydrogen) atoms. The van der Waals surface area contributed by atoms with Gasteiger partial charge in [-0.1, -0.05) is 50.1 Å². The van der Waals surface area contributed by atoms with Crippen LogP contribution < -0.4 is 4.90 Å². The van der Waals surface area contributed by atoms with Gasteiger partial charge in [0.1, 0.15) is 12.0 Å². The van der Waals surface area contributed by atoms with Gasteiger partial charge in [-0.3, -0.25) is 4.57 Å². The minimum Gasteiger partial charge on any atom is -0.341 e. The maximum Gasteiger partial charge on any atom is 0.161 e. The molecule has 0 amide bonds. The van der Waals surface area contributed by atoms with Crippen LogP contribution in [0.2, 0.25) is 0 Å². The summed E-state index contributed by atoms with van der Waals surface area (Å²) in [6.45, 7) is 4.29. The number of hydrogen-bond acceptors (Lipinski definition) is 5. The minimum absolute atomic E-state index is 0.209. The Morgan fingerprint density at radius 1 is 1.07 bits per heavy atom. The Morgan fingerprint density at radius 2 is 1.85 bits per heavy atom. The van der Waals surface area contributed by atoms with E-state index in [4.69, 9.17) is 9.97 Å². The van der Waals surface area contributed by atoms with E-state index in [1.807, 2.05) is 18.2 Å². The first-order chi connectivity index (χ1) is 13.3. The van der Waals surface area contributed by atoms with Gasteiger partial charge in [-0.15, -0.1) is 10.2 Å². The molecule has 1 atom stereocenters. The molecule has 2 aliphatic rings. The normalized spacial score (nSPS) is 19.2. The summed E-state index contributed by atoms with van der Waals surface area (Å²) in [6, 6.07) is 11.0. The molecule has 1 aliphatic heterocycles. The molecular formula is C21H24N6. The van der Waals surface area contributed by atoms with Gasteiger partial charge in [-0.2, -0.15) is 0 Å². The lowest BCUT2D eigenvalue weighted by molar-refractivity contribution is 0.468. The quantitative estimate of drug-likeness (QED) is 0.699. The largest absolute Gasteiger partial charge is 0.341 e. The van der Waals surface area contributed by atoms with Crippen LogP contribution in [0.3, 0.4) is 0 Å². The number of fused-ring (bicyclic) bond motifs is 3. The van der Waals surface area contributed by atoms with E-state index in [0.717, 1.165) is 40.8 Å². The van der Waals surface area contributed by atoms with Gasteiger partial charge >= 0.3 is 0 Å². The van der Waals surface area contributed by atoms with Crippen molar-refractivity contribution in [2.45, 2.75) is 58.0 Å². The van der Waals surface area contributed by atoms with E-state index in [1.54, 1.807) is 6.33 Å². The van der Waals surface area contributed by atoms with E-state index in [0.29, 0.717) is 6.04 Å². The molecule has 0 radical (unpaired) electrons. The summed E-state index contributed by atoms with van der Waals surface area (Å²) in [5.41, 5.74) is 3.06. The molecule has 0 unspecified atom stereocenters. The molecule has 2 aromatic heterocycles. The van der Waals surface area contributed by atoms with E-state index >= 15 is 0 Å². The van der Waals surface area contributed by atoms with Crippen molar-refractivity contribution in [3.05, 3.63) is 48.2 Å². The van der Waals surface area contributed by atoms with Crippen LogP contribution in [-0.2, 0) is 0 Å². The predicted octanol–water partition coefficient (Wildman–Crippen LogP) is 4.25. The molecule has 0 saturated heterocycles. The summed E-state index contributed by atoms with van der Waals surface area (Å²) in [7, 11) is 0. The van der Waals surface area contributed by atoms with Crippen LogP contribution in [0, 0.1) is 6.92 Å². The molecule has 6 heteroatoms. The highest BCUT2D eigenvalue weighted by Gasteiger charge is 2.39. The van der Waals surface area contributed by atoms with Crippen LogP contribution in [0.5, 0.6) is 0 Å². The van der Waals surface area contributed by atoms with E-state index in [-0.39, 0.29) is 6.04 Å². The summed E-state index contributed by atoms with van der Waals surface area (Å²) in [6.07, 6.45) is 7.80. The van der Waals surface area contributed by atoms with E-state index < -0.39 is 0 Å². The van der Waals surface area contributed by atoms with Crippen molar-refractivity contribution in [1.82, 2.24) is 24.7 Å². The van der Waals surface area contributed by atoms with Gasteiger partial charge in [0, 0.05) is 11.6 Å². The van der Waals surface area contributed by atoms with Crippen LogP contribution in [-0.4, -0.2) is 30.8 Å². The Morgan fingerprint density at radius 3 is 2.59 bits per heavy atom. The third-order valence-electron chi connectivity index (χ3n) is 5.87. The van der Waals surface area contributed by atoms with Gasteiger partial charge in [0.2, 0.25) is 0 Å². The number of aromatic nitrogens is 5. The van der Waals surface area contributed by atoms with Gasteiger partial charge in [0.25, 0.3) is 0 Å². The van der Waals surface area contributed by atoms with Gasteiger partial charge in [0.05, 0.1) is 11.7 Å². The monoisotopic (exact) mass is 360 g/mol. The van der Waals surface area contributed by atoms with Crippen molar-refractivity contribution in [3.63, 3.8) is 0 Å². The van der Waals surface area contributed by atoms with Crippen LogP contribution >= 0.6 is 0 Å². The summed E-state index contributed by atoms with van der Waals surface area (Å²) in [5.74, 6) is 2.84. The van der Waals surface area contributed by atoms with Gasteiger partial charge in [-0.25, -0.2) is 9.97 Å². The molecule has 1 aliphatic carbocycles. The fraction of sp³-hybridized carbons (Fsp3) is 0.429. The number of benzene rings is 1. The number of rotatable bonds is 3. The van der Waals surface area contributed by atoms with Crippen LogP contribution in [0.25, 0.3) is 17.1 Å². The molecule has 1 saturated carbocycles. The molecular weight excluding hydrogens is 336 g/mol. The lowest BCUT2D eigenvalue weighted by Gasteiger charge is -2.41. The van der Waals surface area contributed by atoms with Crippen molar-refractivity contribution in [1.29, 1.82) is 0 Å². The average Bonchev–Trinajstić information content (AvgIpc) is 3.39.